The largest absolute Gasteiger partial charge is 0.408 e. The van der Waals surface area contributed by atoms with E-state index in [1.54, 1.807) is 0 Å². The molecule has 1 aromatic heterocycles. The Bertz CT molecular complexity index is 306. The molecule has 0 radical (unpaired) electrons. The molecule has 0 aliphatic rings. The van der Waals surface area contributed by atoms with E-state index in [1.165, 1.54) is 0 Å². The number of aryl methyl sites for hydroxylation is 1. The number of halogens is 1. The van der Waals surface area contributed by atoms with Gasteiger partial charge in [0.2, 0.25) is 5.89 Å². The number of nitrogens with one attached hydrogen (secondary N) is 1. The summed E-state index contributed by atoms with van der Waals surface area (Å²) in [7, 11) is 0. The zero-order valence-electron chi connectivity index (χ0n) is 9.67. The summed E-state index contributed by atoms with van der Waals surface area (Å²) in [4.78, 5) is 0. The molecule has 0 aromatic carbocycles. The summed E-state index contributed by atoms with van der Waals surface area (Å²) in [5.74, 6) is 1.07. The minimum Gasteiger partial charge on any atom is -0.408 e. The van der Waals surface area contributed by atoms with Crippen LogP contribution in [-0.2, 0) is 6.42 Å². The van der Waals surface area contributed by atoms with Gasteiger partial charge in [0.15, 0.2) is 0 Å². The van der Waals surface area contributed by atoms with Crippen molar-refractivity contribution in [3.05, 3.63) is 5.89 Å². The molecule has 0 bridgehead atoms. The lowest BCUT2D eigenvalue weighted by Gasteiger charge is -2.26. The minimum absolute atomic E-state index is 0.154. The third-order valence-electron chi connectivity index (χ3n) is 2.41. The van der Waals surface area contributed by atoms with E-state index in [-0.39, 0.29) is 11.5 Å². The van der Waals surface area contributed by atoms with E-state index in [9.17, 15) is 0 Å². The van der Waals surface area contributed by atoms with Gasteiger partial charge in [0, 0.05) is 18.3 Å². The highest BCUT2D eigenvalue weighted by atomic mass is 35.5. The third kappa shape index (κ3) is 3.70. The number of aromatic nitrogens is 2. The number of alkyl halides is 1. The SMILES string of the molecule is CC(Nc1nnc(CCCl)o1)C(C)(C)C. The smallest absolute Gasteiger partial charge is 0.315 e. The van der Waals surface area contributed by atoms with Gasteiger partial charge in [0.1, 0.15) is 0 Å². The van der Waals surface area contributed by atoms with Gasteiger partial charge in [-0.3, -0.25) is 0 Å². The fourth-order valence-corrected chi connectivity index (χ4v) is 1.06. The first-order chi connectivity index (χ1) is 6.93. The Balaban J connectivity index is 2.57. The van der Waals surface area contributed by atoms with E-state index in [4.69, 9.17) is 16.0 Å². The first-order valence-corrected chi connectivity index (χ1v) is 5.62. The average Bonchev–Trinajstić information content (AvgIpc) is 2.51. The zero-order chi connectivity index (χ0) is 11.5. The molecule has 1 atom stereocenters. The maximum atomic E-state index is 5.58. The lowest BCUT2D eigenvalue weighted by atomic mass is 9.88. The first kappa shape index (κ1) is 12.3. The van der Waals surface area contributed by atoms with E-state index < -0.39 is 0 Å². The molecule has 0 amide bonds. The summed E-state index contributed by atoms with van der Waals surface area (Å²) < 4.78 is 5.37. The molecule has 0 fully saturated rings. The lowest BCUT2D eigenvalue weighted by Crippen LogP contribution is -2.30. The van der Waals surface area contributed by atoms with Crippen molar-refractivity contribution in [1.82, 2.24) is 10.2 Å². The molecule has 0 aliphatic carbocycles. The van der Waals surface area contributed by atoms with Crippen molar-refractivity contribution in [2.75, 3.05) is 11.2 Å². The molecule has 4 nitrogen and oxygen atoms in total. The molecular formula is C10H18ClN3O. The fraction of sp³-hybridized carbons (Fsp3) is 0.800. The molecule has 1 heterocycles. The van der Waals surface area contributed by atoms with Crippen LogP contribution in [-0.4, -0.2) is 22.1 Å². The predicted octanol–water partition coefficient (Wildman–Crippen LogP) is 2.70. The second-order valence-electron chi connectivity index (χ2n) is 4.67. The summed E-state index contributed by atoms with van der Waals surface area (Å²) in [6.07, 6.45) is 0.611. The Hall–Kier alpha value is -0.770. The van der Waals surface area contributed by atoms with Gasteiger partial charge in [-0.25, -0.2) is 0 Å². The van der Waals surface area contributed by atoms with Crippen LogP contribution in [0.1, 0.15) is 33.6 Å². The fourth-order valence-electron chi connectivity index (χ4n) is 0.896. The summed E-state index contributed by atoms with van der Waals surface area (Å²) in [6.45, 7) is 8.55. The Morgan fingerprint density at radius 2 is 2.07 bits per heavy atom. The van der Waals surface area contributed by atoms with Gasteiger partial charge >= 0.3 is 6.01 Å². The van der Waals surface area contributed by atoms with Crippen LogP contribution in [0.25, 0.3) is 0 Å². The molecule has 5 heteroatoms. The number of hydrogen-bond donors (Lipinski definition) is 1. The highest BCUT2D eigenvalue weighted by Gasteiger charge is 2.21. The van der Waals surface area contributed by atoms with Gasteiger partial charge in [0.25, 0.3) is 0 Å². The van der Waals surface area contributed by atoms with Crippen molar-refractivity contribution in [3.8, 4) is 0 Å². The minimum atomic E-state index is 0.154. The van der Waals surface area contributed by atoms with Gasteiger partial charge < -0.3 is 9.73 Å². The molecule has 86 valence electrons. The van der Waals surface area contributed by atoms with Gasteiger partial charge in [0.05, 0.1) is 0 Å². The standard InChI is InChI=1S/C10H18ClN3O/c1-7(10(2,3)4)12-9-14-13-8(15-9)5-6-11/h7H,5-6H2,1-4H3,(H,12,14). The molecule has 15 heavy (non-hydrogen) atoms. The van der Waals surface area contributed by atoms with E-state index in [1.807, 2.05) is 0 Å². The summed E-state index contributed by atoms with van der Waals surface area (Å²) in [5.41, 5.74) is 0.154. The first-order valence-electron chi connectivity index (χ1n) is 5.08. The number of nitrogens with zero attached hydrogens (tertiary/aromatic N) is 2. The summed E-state index contributed by atoms with van der Waals surface area (Å²) in [6, 6.07) is 0.736. The number of rotatable bonds is 4. The summed E-state index contributed by atoms with van der Waals surface area (Å²) >= 11 is 5.58. The molecule has 0 spiro atoms. The molecule has 0 saturated heterocycles. The van der Waals surface area contributed by atoms with Crippen molar-refractivity contribution in [1.29, 1.82) is 0 Å². The topological polar surface area (TPSA) is 51.0 Å². The van der Waals surface area contributed by atoms with E-state index in [0.29, 0.717) is 24.2 Å². The quantitative estimate of drug-likeness (QED) is 0.810. The molecule has 1 aromatic rings. The Kier molecular flexibility index (Phi) is 3.97. The molecule has 1 N–H and O–H groups in total. The van der Waals surface area contributed by atoms with Crippen LogP contribution < -0.4 is 5.32 Å². The molecule has 0 saturated carbocycles. The molecular weight excluding hydrogens is 214 g/mol. The van der Waals surface area contributed by atoms with E-state index in [2.05, 4.69) is 43.2 Å². The van der Waals surface area contributed by atoms with Gasteiger partial charge in [-0.2, -0.15) is 0 Å². The Morgan fingerprint density at radius 1 is 1.40 bits per heavy atom. The van der Waals surface area contributed by atoms with Crippen molar-refractivity contribution in [2.24, 2.45) is 5.41 Å². The van der Waals surface area contributed by atoms with Crippen LogP contribution in [0, 0.1) is 5.41 Å². The zero-order valence-corrected chi connectivity index (χ0v) is 10.4. The van der Waals surface area contributed by atoms with Crippen molar-refractivity contribution < 1.29 is 4.42 Å². The maximum Gasteiger partial charge on any atom is 0.315 e. The van der Waals surface area contributed by atoms with Crippen molar-refractivity contribution in [3.63, 3.8) is 0 Å². The second kappa shape index (κ2) is 4.84. The number of hydrogen-bond acceptors (Lipinski definition) is 4. The summed E-state index contributed by atoms with van der Waals surface area (Å²) in [5, 5.41) is 11.0. The molecule has 1 rings (SSSR count). The predicted molar refractivity (Wildman–Crippen MR) is 61.3 cm³/mol. The maximum absolute atomic E-state index is 5.58. The molecule has 1 unspecified atom stereocenters. The normalized spacial score (nSPS) is 13.9. The Morgan fingerprint density at radius 3 is 2.60 bits per heavy atom. The average molecular weight is 232 g/mol. The van der Waals surface area contributed by atoms with Crippen LogP contribution in [0.2, 0.25) is 0 Å². The van der Waals surface area contributed by atoms with Gasteiger partial charge in [-0.1, -0.05) is 25.9 Å². The van der Waals surface area contributed by atoms with Crippen molar-refractivity contribution >= 4 is 17.6 Å². The van der Waals surface area contributed by atoms with Crippen LogP contribution in [0.4, 0.5) is 6.01 Å². The molecule has 0 aliphatic heterocycles. The van der Waals surface area contributed by atoms with E-state index in [0.717, 1.165) is 0 Å². The number of anilines is 1. The third-order valence-corrected chi connectivity index (χ3v) is 2.60. The monoisotopic (exact) mass is 231 g/mol. The van der Waals surface area contributed by atoms with E-state index >= 15 is 0 Å². The highest BCUT2D eigenvalue weighted by molar-refractivity contribution is 6.17. The van der Waals surface area contributed by atoms with Crippen LogP contribution in [0.5, 0.6) is 0 Å². The second-order valence-corrected chi connectivity index (χ2v) is 5.05. The Labute approximate surface area is 95.4 Å². The van der Waals surface area contributed by atoms with Crippen LogP contribution in [0.3, 0.4) is 0 Å². The van der Waals surface area contributed by atoms with Gasteiger partial charge in [-0.15, -0.1) is 16.7 Å². The van der Waals surface area contributed by atoms with Crippen molar-refractivity contribution in [2.45, 2.75) is 40.2 Å². The van der Waals surface area contributed by atoms with Crippen LogP contribution >= 0.6 is 11.6 Å². The van der Waals surface area contributed by atoms with Crippen LogP contribution in [0.15, 0.2) is 4.42 Å². The lowest BCUT2D eigenvalue weighted by molar-refractivity contribution is 0.351. The van der Waals surface area contributed by atoms with Gasteiger partial charge in [-0.05, 0) is 12.3 Å². The highest BCUT2D eigenvalue weighted by Crippen LogP contribution is 2.22.